The molecule has 2 rings (SSSR count). The third kappa shape index (κ3) is 2.67. The van der Waals surface area contributed by atoms with E-state index in [9.17, 15) is 22.8 Å². The number of nitrogens with one attached hydrogen (secondary N) is 1. The SMILES string of the molecule is N#Cc1cc(C(F)(F)F)ccc1NC(=O)C1(C(=O)O)CC1. The van der Waals surface area contributed by atoms with E-state index >= 15 is 0 Å². The lowest BCUT2D eigenvalue weighted by atomic mass is 10.1. The van der Waals surface area contributed by atoms with Gasteiger partial charge in [-0.3, -0.25) is 9.59 Å². The van der Waals surface area contributed by atoms with Crippen LogP contribution in [0.3, 0.4) is 0 Å². The lowest BCUT2D eigenvalue weighted by Crippen LogP contribution is -2.31. The summed E-state index contributed by atoms with van der Waals surface area (Å²) in [6, 6.07) is 3.82. The fraction of sp³-hybridized carbons (Fsp3) is 0.308. The summed E-state index contributed by atoms with van der Waals surface area (Å²) >= 11 is 0. The second kappa shape index (κ2) is 4.77. The van der Waals surface area contributed by atoms with Crippen molar-refractivity contribution in [2.75, 3.05) is 5.32 Å². The highest BCUT2D eigenvalue weighted by Crippen LogP contribution is 2.47. The molecule has 0 aromatic heterocycles. The van der Waals surface area contributed by atoms with Crippen molar-refractivity contribution in [1.29, 1.82) is 5.26 Å². The van der Waals surface area contributed by atoms with Crippen LogP contribution in [0.15, 0.2) is 18.2 Å². The highest BCUT2D eigenvalue weighted by molar-refractivity contribution is 6.11. The number of rotatable bonds is 3. The number of hydrogen-bond acceptors (Lipinski definition) is 3. The molecule has 1 aliphatic carbocycles. The molecule has 21 heavy (non-hydrogen) atoms. The normalized spacial score (nSPS) is 15.9. The Morgan fingerprint density at radius 2 is 1.95 bits per heavy atom. The molecule has 5 nitrogen and oxygen atoms in total. The number of benzene rings is 1. The molecule has 1 fully saturated rings. The van der Waals surface area contributed by atoms with Crippen LogP contribution >= 0.6 is 0 Å². The molecule has 1 amide bonds. The van der Waals surface area contributed by atoms with E-state index < -0.39 is 29.0 Å². The molecule has 0 bridgehead atoms. The number of alkyl halides is 3. The quantitative estimate of drug-likeness (QED) is 0.838. The van der Waals surface area contributed by atoms with Crippen molar-refractivity contribution in [3.8, 4) is 6.07 Å². The summed E-state index contributed by atoms with van der Waals surface area (Å²) in [4.78, 5) is 22.8. The maximum Gasteiger partial charge on any atom is 0.416 e. The van der Waals surface area contributed by atoms with Crippen molar-refractivity contribution in [1.82, 2.24) is 0 Å². The van der Waals surface area contributed by atoms with E-state index in [-0.39, 0.29) is 24.1 Å². The molecular weight excluding hydrogens is 289 g/mol. The van der Waals surface area contributed by atoms with Crippen LogP contribution in [-0.2, 0) is 15.8 Å². The minimum Gasteiger partial charge on any atom is -0.480 e. The van der Waals surface area contributed by atoms with Crippen LogP contribution in [0, 0.1) is 16.7 Å². The van der Waals surface area contributed by atoms with Gasteiger partial charge in [-0.25, -0.2) is 0 Å². The number of anilines is 1. The molecule has 0 saturated heterocycles. The fourth-order valence-electron chi connectivity index (χ4n) is 1.83. The summed E-state index contributed by atoms with van der Waals surface area (Å²) < 4.78 is 37.6. The van der Waals surface area contributed by atoms with Gasteiger partial charge in [0, 0.05) is 0 Å². The molecule has 1 aromatic rings. The van der Waals surface area contributed by atoms with Crippen LogP contribution in [0.4, 0.5) is 18.9 Å². The molecule has 0 radical (unpaired) electrons. The monoisotopic (exact) mass is 298 g/mol. The molecule has 1 aliphatic rings. The lowest BCUT2D eigenvalue weighted by Gasteiger charge is -2.13. The van der Waals surface area contributed by atoms with E-state index in [1.165, 1.54) is 0 Å². The predicted octanol–water partition coefficient (Wildman–Crippen LogP) is 2.38. The first-order chi connectivity index (χ1) is 9.70. The van der Waals surface area contributed by atoms with E-state index in [0.29, 0.717) is 6.07 Å². The Kier molecular flexibility index (Phi) is 3.37. The Hall–Kier alpha value is -2.56. The average molecular weight is 298 g/mol. The molecule has 0 spiro atoms. The largest absolute Gasteiger partial charge is 0.480 e. The van der Waals surface area contributed by atoms with E-state index in [2.05, 4.69) is 5.32 Å². The Morgan fingerprint density at radius 1 is 1.33 bits per heavy atom. The molecule has 8 heteroatoms. The molecule has 0 unspecified atom stereocenters. The van der Waals surface area contributed by atoms with Crippen LogP contribution in [-0.4, -0.2) is 17.0 Å². The van der Waals surface area contributed by atoms with Gasteiger partial charge in [-0.05, 0) is 31.0 Å². The second-order valence-corrected chi connectivity index (χ2v) is 4.71. The molecule has 1 aromatic carbocycles. The third-order valence-corrected chi connectivity index (χ3v) is 3.31. The maximum atomic E-state index is 12.5. The maximum absolute atomic E-state index is 12.5. The standard InChI is InChI=1S/C13H9F3N2O3/c14-13(15,16)8-1-2-9(7(5-8)6-17)18-10(19)12(3-4-12)11(20)21/h1-2,5H,3-4H2,(H,18,19)(H,20,21). The van der Waals surface area contributed by atoms with Crippen molar-refractivity contribution in [2.45, 2.75) is 19.0 Å². The topological polar surface area (TPSA) is 90.2 Å². The van der Waals surface area contributed by atoms with Gasteiger partial charge in [0.2, 0.25) is 5.91 Å². The van der Waals surface area contributed by atoms with Gasteiger partial charge < -0.3 is 10.4 Å². The van der Waals surface area contributed by atoms with Gasteiger partial charge in [-0.15, -0.1) is 0 Å². The number of carboxylic acids is 1. The van der Waals surface area contributed by atoms with Crippen molar-refractivity contribution >= 4 is 17.6 Å². The molecule has 0 atom stereocenters. The number of carboxylic acid groups (broad SMARTS) is 1. The number of nitriles is 1. The van der Waals surface area contributed by atoms with Crippen molar-refractivity contribution in [2.24, 2.45) is 5.41 Å². The summed E-state index contributed by atoms with van der Waals surface area (Å²) in [5.41, 5.74) is -3.06. The van der Waals surface area contributed by atoms with Gasteiger partial charge in [0.1, 0.15) is 11.5 Å². The number of aliphatic carboxylic acids is 1. The number of nitrogens with zero attached hydrogens (tertiary/aromatic N) is 1. The highest BCUT2D eigenvalue weighted by atomic mass is 19.4. The molecule has 2 N–H and O–H groups in total. The molecule has 0 heterocycles. The second-order valence-electron chi connectivity index (χ2n) is 4.71. The van der Waals surface area contributed by atoms with Gasteiger partial charge in [0.05, 0.1) is 16.8 Å². The lowest BCUT2D eigenvalue weighted by molar-refractivity contribution is -0.147. The Balaban J connectivity index is 2.28. The van der Waals surface area contributed by atoms with Crippen molar-refractivity contribution < 1.29 is 27.9 Å². The number of hydrogen-bond donors (Lipinski definition) is 2. The molecule has 110 valence electrons. The summed E-state index contributed by atoms with van der Waals surface area (Å²) in [5, 5.41) is 20.0. The zero-order chi connectivity index (χ0) is 15.8. The van der Waals surface area contributed by atoms with Gasteiger partial charge in [-0.1, -0.05) is 0 Å². The Bertz CT molecular complexity index is 658. The van der Waals surface area contributed by atoms with Gasteiger partial charge >= 0.3 is 12.1 Å². The van der Waals surface area contributed by atoms with Crippen molar-refractivity contribution in [3.63, 3.8) is 0 Å². The van der Waals surface area contributed by atoms with Gasteiger partial charge in [0.15, 0.2) is 0 Å². The van der Waals surface area contributed by atoms with Crippen LogP contribution in [0.1, 0.15) is 24.0 Å². The minimum atomic E-state index is -4.60. The van der Waals surface area contributed by atoms with E-state index in [4.69, 9.17) is 10.4 Å². The zero-order valence-electron chi connectivity index (χ0n) is 10.5. The van der Waals surface area contributed by atoms with Crippen LogP contribution in [0.5, 0.6) is 0 Å². The number of amides is 1. The first-order valence-corrected chi connectivity index (χ1v) is 5.87. The Labute approximate surface area is 117 Å². The smallest absolute Gasteiger partial charge is 0.416 e. The highest BCUT2D eigenvalue weighted by Gasteiger charge is 2.57. The van der Waals surface area contributed by atoms with Crippen LogP contribution in [0.2, 0.25) is 0 Å². The predicted molar refractivity (Wildman–Crippen MR) is 64.1 cm³/mol. The molecule has 0 aliphatic heterocycles. The third-order valence-electron chi connectivity index (χ3n) is 3.31. The van der Waals surface area contributed by atoms with Crippen LogP contribution < -0.4 is 5.32 Å². The summed E-state index contributed by atoms with van der Waals surface area (Å²) in [7, 11) is 0. The first kappa shape index (κ1) is 14.8. The first-order valence-electron chi connectivity index (χ1n) is 5.87. The number of carbonyl (C=O) groups is 2. The fourth-order valence-corrected chi connectivity index (χ4v) is 1.83. The van der Waals surface area contributed by atoms with E-state index in [0.717, 1.165) is 12.1 Å². The molecule has 1 saturated carbocycles. The summed E-state index contributed by atoms with van der Waals surface area (Å²) in [6.45, 7) is 0. The number of halogens is 3. The van der Waals surface area contributed by atoms with Gasteiger partial charge in [0.25, 0.3) is 0 Å². The molecular formula is C13H9F3N2O3. The zero-order valence-corrected chi connectivity index (χ0v) is 10.5. The van der Waals surface area contributed by atoms with E-state index in [1.807, 2.05) is 0 Å². The Morgan fingerprint density at radius 3 is 2.38 bits per heavy atom. The minimum absolute atomic E-state index is 0.136. The van der Waals surface area contributed by atoms with Gasteiger partial charge in [-0.2, -0.15) is 18.4 Å². The van der Waals surface area contributed by atoms with Crippen molar-refractivity contribution in [3.05, 3.63) is 29.3 Å². The summed E-state index contributed by atoms with van der Waals surface area (Å²) in [5.74, 6) is -2.11. The van der Waals surface area contributed by atoms with Crippen LogP contribution in [0.25, 0.3) is 0 Å². The number of carbonyl (C=O) groups excluding carboxylic acids is 1. The summed E-state index contributed by atoms with van der Waals surface area (Å²) in [6.07, 6.45) is -4.28. The van der Waals surface area contributed by atoms with E-state index in [1.54, 1.807) is 6.07 Å². The average Bonchev–Trinajstić information content (AvgIpc) is 3.19.